The van der Waals surface area contributed by atoms with Gasteiger partial charge in [0, 0.05) is 41.2 Å². The molecule has 1 aromatic heterocycles. The Bertz CT molecular complexity index is 1210. The van der Waals surface area contributed by atoms with Gasteiger partial charge in [0.05, 0.1) is 4.90 Å². The van der Waals surface area contributed by atoms with Crippen LogP contribution in [0.3, 0.4) is 0 Å². The van der Waals surface area contributed by atoms with Crippen LogP contribution in [0.4, 0.5) is 5.82 Å². The molecule has 0 spiro atoms. The van der Waals surface area contributed by atoms with Crippen LogP contribution in [0, 0.1) is 0 Å². The molecule has 3 aromatic rings. The van der Waals surface area contributed by atoms with Gasteiger partial charge < -0.3 is 10.4 Å². The minimum absolute atomic E-state index is 0.0660. The van der Waals surface area contributed by atoms with E-state index >= 15 is 0 Å². The molecule has 1 saturated heterocycles. The van der Waals surface area contributed by atoms with E-state index < -0.39 is 9.84 Å². The first-order chi connectivity index (χ1) is 14.7. The Morgan fingerprint density at radius 3 is 2.55 bits per heavy atom. The number of fused-ring (bicyclic) bond motifs is 1. The summed E-state index contributed by atoms with van der Waals surface area (Å²) in [7, 11) is -3.41. The molecule has 0 unspecified atom stereocenters. The molecule has 1 atom stereocenters. The SMILES string of the molecule is CC(C)N1CCC[C@@H](Nc2nnc(-c3ccc(S(C)(=O)=O)cc3O)c3ccccc23)C1. The van der Waals surface area contributed by atoms with Gasteiger partial charge in [-0.05, 0) is 51.4 Å². The van der Waals surface area contributed by atoms with Gasteiger partial charge in [-0.1, -0.05) is 24.3 Å². The van der Waals surface area contributed by atoms with E-state index in [2.05, 4.69) is 34.3 Å². The van der Waals surface area contributed by atoms with E-state index in [1.165, 1.54) is 12.1 Å². The van der Waals surface area contributed by atoms with Crippen molar-refractivity contribution in [1.82, 2.24) is 15.1 Å². The fourth-order valence-electron chi connectivity index (χ4n) is 4.14. The Kier molecular flexibility index (Phi) is 5.85. The molecule has 1 aliphatic rings. The lowest BCUT2D eigenvalue weighted by Gasteiger charge is -2.36. The number of hydrogen-bond donors (Lipinski definition) is 2. The number of anilines is 1. The van der Waals surface area contributed by atoms with Gasteiger partial charge in [-0.2, -0.15) is 0 Å². The van der Waals surface area contributed by atoms with Crippen LogP contribution < -0.4 is 5.32 Å². The second-order valence-corrected chi connectivity index (χ2v) is 10.5. The summed E-state index contributed by atoms with van der Waals surface area (Å²) >= 11 is 0. The molecule has 164 valence electrons. The molecule has 4 rings (SSSR count). The van der Waals surface area contributed by atoms with Crippen molar-refractivity contribution in [2.24, 2.45) is 0 Å². The summed E-state index contributed by atoms with van der Waals surface area (Å²) in [5, 5.41) is 24.7. The first kappa shape index (κ1) is 21.5. The van der Waals surface area contributed by atoms with E-state index in [4.69, 9.17) is 0 Å². The van der Waals surface area contributed by atoms with Gasteiger partial charge in [-0.25, -0.2) is 8.42 Å². The maximum absolute atomic E-state index is 11.8. The van der Waals surface area contributed by atoms with Gasteiger partial charge in [-0.15, -0.1) is 10.2 Å². The quantitative estimate of drug-likeness (QED) is 0.625. The average Bonchev–Trinajstić information content (AvgIpc) is 2.74. The molecule has 2 aromatic carbocycles. The Balaban J connectivity index is 1.71. The van der Waals surface area contributed by atoms with Crippen LogP contribution in [-0.2, 0) is 9.84 Å². The van der Waals surface area contributed by atoms with E-state index in [-0.39, 0.29) is 10.6 Å². The number of hydrogen-bond acceptors (Lipinski definition) is 7. The Morgan fingerprint density at radius 2 is 1.87 bits per heavy atom. The molecule has 1 aliphatic heterocycles. The summed E-state index contributed by atoms with van der Waals surface area (Å²) in [4.78, 5) is 2.53. The maximum atomic E-state index is 11.8. The number of nitrogens with one attached hydrogen (secondary N) is 1. The normalized spacial score (nSPS) is 17.9. The monoisotopic (exact) mass is 440 g/mol. The lowest BCUT2D eigenvalue weighted by Crippen LogP contribution is -2.45. The van der Waals surface area contributed by atoms with Crippen molar-refractivity contribution in [3.63, 3.8) is 0 Å². The Morgan fingerprint density at radius 1 is 1.13 bits per heavy atom. The predicted octanol–water partition coefficient (Wildman–Crippen LogP) is 3.69. The van der Waals surface area contributed by atoms with Crippen molar-refractivity contribution in [1.29, 1.82) is 0 Å². The minimum Gasteiger partial charge on any atom is -0.507 e. The summed E-state index contributed by atoms with van der Waals surface area (Å²) in [5.41, 5.74) is 0.970. The van der Waals surface area contributed by atoms with Crippen molar-refractivity contribution in [3.8, 4) is 17.0 Å². The number of likely N-dealkylation sites (tertiary alicyclic amines) is 1. The van der Waals surface area contributed by atoms with Gasteiger partial charge in [0.25, 0.3) is 0 Å². The Labute approximate surface area is 183 Å². The van der Waals surface area contributed by atoms with Crippen LogP contribution in [0.25, 0.3) is 22.0 Å². The first-order valence-corrected chi connectivity index (χ1v) is 12.4. The number of aromatic hydroxyl groups is 1. The molecule has 8 heteroatoms. The zero-order valence-electron chi connectivity index (χ0n) is 18.0. The summed E-state index contributed by atoms with van der Waals surface area (Å²) < 4.78 is 23.6. The topological polar surface area (TPSA) is 95.4 Å². The molecule has 2 N–H and O–H groups in total. The molecular formula is C23H28N4O3S. The van der Waals surface area contributed by atoms with Crippen molar-refractivity contribution in [2.75, 3.05) is 24.7 Å². The second kappa shape index (κ2) is 8.43. The van der Waals surface area contributed by atoms with Gasteiger partial charge in [0.2, 0.25) is 0 Å². The number of rotatable bonds is 5. The summed E-state index contributed by atoms with van der Waals surface area (Å²) in [6, 6.07) is 12.9. The second-order valence-electron chi connectivity index (χ2n) is 8.47. The third-order valence-corrected chi connectivity index (χ3v) is 6.97. The molecule has 7 nitrogen and oxygen atoms in total. The third kappa shape index (κ3) is 4.50. The van der Waals surface area contributed by atoms with Crippen LogP contribution >= 0.6 is 0 Å². The maximum Gasteiger partial charge on any atom is 0.175 e. The molecular weight excluding hydrogens is 412 g/mol. The predicted molar refractivity (Wildman–Crippen MR) is 123 cm³/mol. The van der Waals surface area contributed by atoms with Crippen LogP contribution in [0.1, 0.15) is 26.7 Å². The molecule has 0 amide bonds. The van der Waals surface area contributed by atoms with Crippen LogP contribution in [0.2, 0.25) is 0 Å². The number of nitrogens with zero attached hydrogens (tertiary/aromatic N) is 3. The van der Waals surface area contributed by atoms with Crippen LogP contribution in [0.5, 0.6) is 5.75 Å². The van der Waals surface area contributed by atoms with E-state index in [1.807, 2.05) is 24.3 Å². The molecule has 0 aliphatic carbocycles. The number of benzene rings is 2. The highest BCUT2D eigenvalue weighted by Gasteiger charge is 2.23. The minimum atomic E-state index is -3.41. The molecule has 0 saturated carbocycles. The summed E-state index contributed by atoms with van der Waals surface area (Å²) in [6.45, 7) is 6.51. The lowest BCUT2D eigenvalue weighted by atomic mass is 10.0. The van der Waals surface area contributed by atoms with Crippen LogP contribution in [0.15, 0.2) is 47.4 Å². The number of phenolic OH excluding ortho intramolecular Hbond substituents is 1. The summed E-state index contributed by atoms with van der Waals surface area (Å²) in [6.07, 6.45) is 3.33. The zero-order chi connectivity index (χ0) is 22.2. The van der Waals surface area contributed by atoms with Crippen LogP contribution in [-0.4, -0.2) is 60.1 Å². The van der Waals surface area contributed by atoms with Crippen molar-refractivity contribution in [3.05, 3.63) is 42.5 Å². The summed E-state index contributed by atoms with van der Waals surface area (Å²) in [5.74, 6) is 0.588. The number of phenols is 1. The number of sulfone groups is 1. The largest absolute Gasteiger partial charge is 0.507 e. The highest BCUT2D eigenvalue weighted by atomic mass is 32.2. The van der Waals surface area contributed by atoms with Gasteiger partial charge in [0.1, 0.15) is 11.4 Å². The van der Waals surface area contributed by atoms with E-state index in [9.17, 15) is 13.5 Å². The molecule has 0 bridgehead atoms. The average molecular weight is 441 g/mol. The van der Waals surface area contributed by atoms with Gasteiger partial charge in [0.15, 0.2) is 15.7 Å². The van der Waals surface area contributed by atoms with Crippen molar-refractivity contribution < 1.29 is 13.5 Å². The lowest BCUT2D eigenvalue weighted by molar-refractivity contribution is 0.175. The molecule has 2 heterocycles. The standard InChI is InChI=1S/C23H28N4O3S/c1-15(2)27-12-6-7-16(14-27)24-23-19-9-5-4-8-18(19)22(25-26-23)20-11-10-17(13-21(20)28)31(3,29)30/h4-5,8-11,13,15-16,28H,6-7,12,14H2,1-3H3,(H,24,26)/t16-/m1/s1. The van der Waals surface area contributed by atoms with Gasteiger partial charge in [-0.3, -0.25) is 4.90 Å². The number of piperidine rings is 1. The molecule has 0 radical (unpaired) electrons. The highest BCUT2D eigenvalue weighted by Crippen LogP contribution is 2.36. The van der Waals surface area contributed by atoms with E-state index in [0.29, 0.717) is 23.3 Å². The first-order valence-electron chi connectivity index (χ1n) is 10.5. The fourth-order valence-corrected chi connectivity index (χ4v) is 4.78. The third-order valence-electron chi connectivity index (χ3n) is 5.86. The van der Waals surface area contributed by atoms with Crippen molar-refractivity contribution >= 4 is 26.4 Å². The molecule has 31 heavy (non-hydrogen) atoms. The highest BCUT2D eigenvalue weighted by molar-refractivity contribution is 7.90. The zero-order valence-corrected chi connectivity index (χ0v) is 18.9. The smallest absolute Gasteiger partial charge is 0.175 e. The fraction of sp³-hybridized carbons (Fsp3) is 0.391. The number of aromatic nitrogens is 2. The van der Waals surface area contributed by atoms with E-state index in [0.717, 1.165) is 48.8 Å². The van der Waals surface area contributed by atoms with Gasteiger partial charge >= 0.3 is 0 Å². The van der Waals surface area contributed by atoms with E-state index in [1.54, 1.807) is 6.07 Å². The Hall–Kier alpha value is -2.71. The molecule has 1 fully saturated rings. The van der Waals surface area contributed by atoms with Crippen molar-refractivity contribution in [2.45, 2.75) is 43.7 Å².